The van der Waals surface area contributed by atoms with E-state index < -0.39 is 15.6 Å². The third-order valence-corrected chi connectivity index (χ3v) is 4.95. The van der Waals surface area contributed by atoms with Gasteiger partial charge in [0.25, 0.3) is 0 Å². The van der Waals surface area contributed by atoms with Crippen LogP contribution in [0.2, 0.25) is 0 Å². The first-order valence-corrected chi connectivity index (χ1v) is 8.38. The van der Waals surface area contributed by atoms with Crippen LogP contribution >= 0.6 is 0 Å². The number of rotatable bonds is 7. The van der Waals surface area contributed by atoms with Crippen LogP contribution in [0.25, 0.3) is 0 Å². The monoisotopic (exact) mass is 312 g/mol. The molecule has 0 aromatic heterocycles. The molecule has 0 saturated carbocycles. The lowest BCUT2D eigenvalue weighted by Crippen LogP contribution is -2.47. The zero-order valence-corrected chi connectivity index (χ0v) is 13.7. The van der Waals surface area contributed by atoms with Gasteiger partial charge in [-0.2, -0.15) is 4.31 Å². The van der Waals surface area contributed by atoms with Crippen molar-refractivity contribution in [2.45, 2.75) is 26.3 Å². The number of hydrogen-bond donors (Lipinski definition) is 1. The van der Waals surface area contributed by atoms with Gasteiger partial charge in [0.2, 0.25) is 10.0 Å². The number of nitrogens with zero attached hydrogens (tertiary/aromatic N) is 1. The summed E-state index contributed by atoms with van der Waals surface area (Å²) in [6.45, 7) is 9.50. The Hall–Kier alpha value is -1.53. The standard InChI is InChI=1S/C15H24N2O3S/c1-5-10-17(15(2,3)4)21(18,19)12-11-20-14-9-7-6-8-13(14)16/h5-9H,1,10-12,16H2,2-4H3. The number of nitrogen functional groups attached to an aromatic ring is 1. The maximum absolute atomic E-state index is 12.4. The fourth-order valence-electron chi connectivity index (χ4n) is 1.90. The molecule has 0 spiro atoms. The molecule has 6 heteroatoms. The van der Waals surface area contributed by atoms with Crippen molar-refractivity contribution in [3.63, 3.8) is 0 Å². The van der Waals surface area contributed by atoms with E-state index >= 15 is 0 Å². The van der Waals surface area contributed by atoms with Crippen LogP contribution in [0.15, 0.2) is 36.9 Å². The van der Waals surface area contributed by atoms with Crippen LogP contribution in [0.4, 0.5) is 5.69 Å². The molecule has 5 nitrogen and oxygen atoms in total. The summed E-state index contributed by atoms with van der Waals surface area (Å²) in [4.78, 5) is 0. The van der Waals surface area contributed by atoms with Crippen LogP contribution in [0.3, 0.4) is 0 Å². The predicted octanol–water partition coefficient (Wildman–Crippen LogP) is 2.26. The van der Waals surface area contributed by atoms with Gasteiger partial charge in [0.05, 0.1) is 11.4 Å². The average molecular weight is 312 g/mol. The molecule has 1 rings (SSSR count). The van der Waals surface area contributed by atoms with Crippen molar-refractivity contribution >= 4 is 15.7 Å². The highest BCUT2D eigenvalue weighted by Crippen LogP contribution is 2.21. The Balaban J connectivity index is 2.72. The van der Waals surface area contributed by atoms with Crippen molar-refractivity contribution < 1.29 is 13.2 Å². The highest BCUT2D eigenvalue weighted by Gasteiger charge is 2.31. The predicted molar refractivity (Wildman–Crippen MR) is 86.8 cm³/mol. The minimum absolute atomic E-state index is 0.0558. The number of nitrogens with two attached hydrogens (primary N) is 1. The number of anilines is 1. The second-order valence-electron chi connectivity index (χ2n) is 5.69. The molecule has 0 amide bonds. The molecule has 1 aromatic rings. The molecule has 0 saturated heterocycles. The van der Waals surface area contributed by atoms with Crippen LogP contribution < -0.4 is 10.5 Å². The molecule has 0 radical (unpaired) electrons. The molecular formula is C15H24N2O3S. The molecule has 0 bridgehead atoms. The molecule has 0 aliphatic carbocycles. The number of para-hydroxylation sites is 2. The van der Waals surface area contributed by atoms with E-state index in [-0.39, 0.29) is 18.9 Å². The minimum Gasteiger partial charge on any atom is -0.490 e. The van der Waals surface area contributed by atoms with E-state index in [0.29, 0.717) is 11.4 Å². The molecule has 21 heavy (non-hydrogen) atoms. The highest BCUT2D eigenvalue weighted by molar-refractivity contribution is 7.89. The van der Waals surface area contributed by atoms with Gasteiger partial charge >= 0.3 is 0 Å². The Bertz CT molecular complexity index is 577. The van der Waals surface area contributed by atoms with Gasteiger partial charge in [-0.25, -0.2) is 8.42 Å². The van der Waals surface area contributed by atoms with E-state index in [1.165, 1.54) is 4.31 Å². The zero-order chi connectivity index (χ0) is 16.1. The van der Waals surface area contributed by atoms with Gasteiger partial charge in [-0.3, -0.25) is 0 Å². The third-order valence-electron chi connectivity index (χ3n) is 2.90. The van der Waals surface area contributed by atoms with Crippen molar-refractivity contribution in [3.8, 4) is 5.75 Å². The summed E-state index contributed by atoms with van der Waals surface area (Å²) in [7, 11) is -3.43. The summed E-state index contributed by atoms with van der Waals surface area (Å²) in [5.74, 6) is 0.394. The van der Waals surface area contributed by atoms with E-state index in [9.17, 15) is 8.42 Å². The Labute approximate surface area is 127 Å². The quantitative estimate of drug-likeness (QED) is 0.619. The summed E-state index contributed by atoms with van der Waals surface area (Å²) in [5, 5.41) is 0. The lowest BCUT2D eigenvalue weighted by atomic mass is 10.1. The SMILES string of the molecule is C=CCN(C(C)(C)C)S(=O)(=O)CCOc1ccccc1N. The molecule has 1 aromatic carbocycles. The second kappa shape index (κ2) is 6.95. The largest absolute Gasteiger partial charge is 0.490 e. The highest BCUT2D eigenvalue weighted by atomic mass is 32.2. The van der Waals surface area contributed by atoms with Crippen molar-refractivity contribution in [1.29, 1.82) is 0 Å². The van der Waals surface area contributed by atoms with Crippen LogP contribution in [0.1, 0.15) is 20.8 Å². The fraction of sp³-hybridized carbons (Fsp3) is 0.467. The molecule has 118 valence electrons. The number of hydrogen-bond acceptors (Lipinski definition) is 4. The summed E-state index contributed by atoms with van der Waals surface area (Å²) in [6, 6.07) is 7.01. The Kier molecular flexibility index (Phi) is 5.80. The van der Waals surface area contributed by atoms with Gasteiger partial charge in [0, 0.05) is 12.1 Å². The van der Waals surface area contributed by atoms with E-state index in [1.807, 2.05) is 20.8 Å². The molecule has 0 unspecified atom stereocenters. The van der Waals surface area contributed by atoms with Crippen molar-refractivity contribution in [2.75, 3.05) is 24.6 Å². The molecule has 0 atom stereocenters. The molecule has 2 N–H and O–H groups in total. The molecule has 0 heterocycles. The van der Waals surface area contributed by atoms with Gasteiger partial charge in [-0.1, -0.05) is 18.2 Å². The maximum Gasteiger partial charge on any atom is 0.218 e. The Morgan fingerprint density at radius 1 is 1.33 bits per heavy atom. The van der Waals surface area contributed by atoms with Gasteiger partial charge in [-0.05, 0) is 32.9 Å². The first-order valence-electron chi connectivity index (χ1n) is 6.77. The molecule has 0 fully saturated rings. The summed E-state index contributed by atoms with van der Waals surface area (Å²) < 4.78 is 31.7. The Morgan fingerprint density at radius 2 is 1.95 bits per heavy atom. The van der Waals surface area contributed by atoms with Crippen molar-refractivity contribution in [1.82, 2.24) is 4.31 Å². The molecule has 0 aliphatic heterocycles. The summed E-state index contributed by atoms with van der Waals surface area (Å²) in [5.41, 5.74) is 5.74. The zero-order valence-electron chi connectivity index (χ0n) is 12.9. The molecular weight excluding hydrogens is 288 g/mol. The van der Waals surface area contributed by atoms with E-state index in [4.69, 9.17) is 10.5 Å². The van der Waals surface area contributed by atoms with Gasteiger partial charge in [-0.15, -0.1) is 6.58 Å². The van der Waals surface area contributed by atoms with E-state index in [2.05, 4.69) is 6.58 Å². The first-order chi connectivity index (χ1) is 9.68. The second-order valence-corrected chi connectivity index (χ2v) is 7.71. The van der Waals surface area contributed by atoms with Crippen molar-refractivity contribution in [2.24, 2.45) is 0 Å². The summed E-state index contributed by atoms with van der Waals surface area (Å²) >= 11 is 0. The van der Waals surface area contributed by atoms with Crippen LogP contribution in [0, 0.1) is 0 Å². The maximum atomic E-state index is 12.4. The Morgan fingerprint density at radius 3 is 2.48 bits per heavy atom. The van der Waals surface area contributed by atoms with Crippen LogP contribution in [0.5, 0.6) is 5.75 Å². The normalized spacial score (nSPS) is 12.4. The number of benzene rings is 1. The van der Waals surface area contributed by atoms with Gasteiger partial charge in [0.1, 0.15) is 12.4 Å². The van der Waals surface area contributed by atoms with Crippen LogP contribution in [-0.2, 0) is 10.0 Å². The molecule has 0 aliphatic rings. The smallest absolute Gasteiger partial charge is 0.218 e. The fourth-order valence-corrected chi connectivity index (χ4v) is 3.58. The van der Waals surface area contributed by atoms with Crippen molar-refractivity contribution in [3.05, 3.63) is 36.9 Å². The van der Waals surface area contributed by atoms with Gasteiger partial charge in [0.15, 0.2) is 0 Å². The topological polar surface area (TPSA) is 72.6 Å². The minimum atomic E-state index is -3.43. The average Bonchev–Trinajstić information content (AvgIpc) is 2.36. The lowest BCUT2D eigenvalue weighted by molar-refractivity contribution is 0.265. The lowest BCUT2D eigenvalue weighted by Gasteiger charge is -2.33. The third kappa shape index (κ3) is 5.06. The first kappa shape index (κ1) is 17.5. The number of sulfonamides is 1. The van der Waals surface area contributed by atoms with E-state index in [1.54, 1.807) is 30.3 Å². The van der Waals surface area contributed by atoms with Crippen LogP contribution in [-0.4, -0.2) is 37.2 Å². The van der Waals surface area contributed by atoms with E-state index in [0.717, 1.165) is 0 Å². The number of ether oxygens (including phenoxy) is 1. The van der Waals surface area contributed by atoms with Gasteiger partial charge < -0.3 is 10.5 Å². The summed E-state index contributed by atoms with van der Waals surface area (Å²) in [6.07, 6.45) is 1.58.